The molecule has 0 aliphatic heterocycles. The molecule has 17 heavy (non-hydrogen) atoms. The summed E-state index contributed by atoms with van der Waals surface area (Å²) in [5.74, 6) is 4.94. The number of nitrogens with two attached hydrogens (primary N) is 1. The second kappa shape index (κ2) is 4.68. The van der Waals surface area contributed by atoms with Gasteiger partial charge in [0.15, 0.2) is 5.82 Å². The highest BCUT2D eigenvalue weighted by atomic mass is 35.5. The zero-order chi connectivity index (χ0) is 12.4. The minimum Gasteiger partial charge on any atom is -0.481 e. The van der Waals surface area contributed by atoms with Crippen LogP contribution < -0.4 is 5.84 Å². The molecule has 0 aliphatic carbocycles. The lowest BCUT2D eigenvalue weighted by Crippen LogP contribution is -2.12. The lowest BCUT2D eigenvalue weighted by atomic mass is 10.3. The summed E-state index contributed by atoms with van der Waals surface area (Å²) in [4.78, 5) is 10.4. The number of furan rings is 1. The smallest absolute Gasteiger partial charge is 0.313 e. The van der Waals surface area contributed by atoms with Crippen molar-refractivity contribution in [1.82, 2.24) is 14.9 Å². The Labute approximate surface area is 105 Å². The molecule has 0 aliphatic rings. The van der Waals surface area contributed by atoms with Gasteiger partial charge in [0.1, 0.15) is 0 Å². The molecule has 0 saturated carbocycles. The van der Waals surface area contributed by atoms with Crippen LogP contribution >= 0.6 is 23.4 Å². The molecule has 0 saturated heterocycles. The number of thioether (sulfide) groups is 1. The monoisotopic (exact) mass is 274 g/mol. The van der Waals surface area contributed by atoms with Crippen molar-refractivity contribution in [2.75, 3.05) is 11.6 Å². The largest absolute Gasteiger partial charge is 0.481 e. The van der Waals surface area contributed by atoms with Crippen molar-refractivity contribution in [2.45, 2.75) is 5.16 Å². The molecule has 0 amide bonds. The number of carboxylic acids is 1. The molecule has 0 aromatic carbocycles. The van der Waals surface area contributed by atoms with Crippen LogP contribution in [-0.4, -0.2) is 31.7 Å². The predicted molar refractivity (Wildman–Crippen MR) is 61.2 cm³/mol. The Morgan fingerprint density at radius 3 is 3.00 bits per heavy atom. The first-order valence-electron chi connectivity index (χ1n) is 4.38. The maximum Gasteiger partial charge on any atom is 0.313 e. The van der Waals surface area contributed by atoms with Gasteiger partial charge in [0, 0.05) is 0 Å². The summed E-state index contributed by atoms with van der Waals surface area (Å²) in [6.07, 6.45) is 1.40. The molecule has 2 aromatic heterocycles. The molecule has 0 bridgehead atoms. The fraction of sp³-hybridized carbons (Fsp3) is 0.125. The third-order valence-electron chi connectivity index (χ3n) is 1.85. The summed E-state index contributed by atoms with van der Waals surface area (Å²) in [6.45, 7) is 0. The number of carboxylic acid groups (broad SMARTS) is 1. The third kappa shape index (κ3) is 2.37. The summed E-state index contributed by atoms with van der Waals surface area (Å²) in [5.41, 5.74) is 0.504. The molecular weight excluding hydrogens is 268 g/mol. The first kappa shape index (κ1) is 11.8. The highest BCUT2D eigenvalue weighted by Gasteiger charge is 2.17. The van der Waals surface area contributed by atoms with E-state index in [4.69, 9.17) is 27.0 Å². The standard InChI is InChI=1S/C8H7ClN4O3S/c9-6-4(1-2-16-6)7-11-12-8(13(7)10)17-3-5(14)15/h1-2H,3,10H2,(H,14,15). The maximum atomic E-state index is 10.4. The number of aromatic nitrogens is 3. The second-order valence-corrected chi connectivity index (χ2v) is 4.25. The number of hydrogen-bond donors (Lipinski definition) is 2. The molecule has 0 atom stereocenters. The Morgan fingerprint density at radius 1 is 1.65 bits per heavy atom. The van der Waals surface area contributed by atoms with Crippen molar-refractivity contribution >= 4 is 29.3 Å². The Balaban J connectivity index is 2.27. The average molecular weight is 275 g/mol. The summed E-state index contributed by atoms with van der Waals surface area (Å²) in [7, 11) is 0. The van der Waals surface area contributed by atoms with Crippen LogP contribution in [0.1, 0.15) is 0 Å². The summed E-state index contributed by atoms with van der Waals surface area (Å²) in [6, 6.07) is 1.60. The molecule has 2 heterocycles. The Morgan fingerprint density at radius 2 is 2.41 bits per heavy atom. The highest BCUT2D eigenvalue weighted by Crippen LogP contribution is 2.28. The van der Waals surface area contributed by atoms with Crippen LogP contribution in [0.2, 0.25) is 5.22 Å². The van der Waals surface area contributed by atoms with Crippen molar-refractivity contribution in [1.29, 1.82) is 0 Å². The van der Waals surface area contributed by atoms with E-state index in [0.717, 1.165) is 11.8 Å². The van der Waals surface area contributed by atoms with Gasteiger partial charge in [-0.05, 0) is 17.7 Å². The van der Waals surface area contributed by atoms with Crippen LogP contribution in [0, 0.1) is 0 Å². The van der Waals surface area contributed by atoms with Gasteiger partial charge in [-0.15, -0.1) is 10.2 Å². The lowest BCUT2D eigenvalue weighted by molar-refractivity contribution is -0.133. The number of carbonyl (C=O) groups is 1. The van der Waals surface area contributed by atoms with E-state index in [9.17, 15) is 4.79 Å². The van der Waals surface area contributed by atoms with E-state index in [1.807, 2.05) is 0 Å². The van der Waals surface area contributed by atoms with E-state index >= 15 is 0 Å². The van der Waals surface area contributed by atoms with Crippen molar-refractivity contribution in [3.8, 4) is 11.4 Å². The number of halogens is 1. The molecule has 0 radical (unpaired) electrons. The fourth-order valence-electron chi connectivity index (χ4n) is 1.14. The summed E-state index contributed by atoms with van der Waals surface area (Å²) >= 11 is 6.75. The molecule has 2 aromatic rings. The molecule has 2 rings (SSSR count). The minimum absolute atomic E-state index is 0.144. The summed E-state index contributed by atoms with van der Waals surface area (Å²) in [5, 5.41) is 16.6. The predicted octanol–water partition coefficient (Wildman–Crippen LogP) is 1.08. The van der Waals surface area contributed by atoms with E-state index in [2.05, 4.69) is 10.2 Å². The lowest BCUT2D eigenvalue weighted by Gasteiger charge is -2.00. The van der Waals surface area contributed by atoms with E-state index in [-0.39, 0.29) is 11.0 Å². The van der Waals surface area contributed by atoms with Crippen LogP contribution in [0.5, 0.6) is 0 Å². The molecule has 0 unspecified atom stereocenters. The van der Waals surface area contributed by atoms with Crippen LogP contribution in [0.3, 0.4) is 0 Å². The van der Waals surface area contributed by atoms with Gasteiger partial charge in [0.05, 0.1) is 17.6 Å². The van der Waals surface area contributed by atoms with E-state index in [1.54, 1.807) is 6.07 Å². The van der Waals surface area contributed by atoms with Gasteiger partial charge in [-0.25, -0.2) is 4.68 Å². The van der Waals surface area contributed by atoms with Gasteiger partial charge in [-0.2, -0.15) is 0 Å². The summed E-state index contributed by atoms with van der Waals surface area (Å²) < 4.78 is 6.08. The Kier molecular flexibility index (Phi) is 3.25. The first-order valence-corrected chi connectivity index (χ1v) is 5.74. The van der Waals surface area contributed by atoms with Gasteiger partial charge in [0.25, 0.3) is 0 Å². The molecule has 3 N–H and O–H groups in total. The quantitative estimate of drug-likeness (QED) is 0.634. The number of aliphatic carboxylic acids is 1. The van der Waals surface area contributed by atoms with Gasteiger partial charge >= 0.3 is 5.97 Å². The van der Waals surface area contributed by atoms with Crippen molar-refractivity contribution in [2.24, 2.45) is 0 Å². The van der Waals surface area contributed by atoms with E-state index in [1.165, 1.54) is 10.9 Å². The van der Waals surface area contributed by atoms with Crippen LogP contribution in [0.25, 0.3) is 11.4 Å². The van der Waals surface area contributed by atoms with Gasteiger partial charge in [-0.1, -0.05) is 11.8 Å². The van der Waals surface area contributed by atoms with Gasteiger partial charge < -0.3 is 15.4 Å². The molecular formula is C8H7ClN4O3S. The van der Waals surface area contributed by atoms with Crippen LogP contribution in [0.4, 0.5) is 0 Å². The third-order valence-corrected chi connectivity index (χ3v) is 3.07. The first-order chi connectivity index (χ1) is 8.09. The molecule has 9 heteroatoms. The second-order valence-electron chi connectivity index (χ2n) is 2.97. The van der Waals surface area contributed by atoms with Crippen molar-refractivity contribution in [3.63, 3.8) is 0 Å². The minimum atomic E-state index is -0.958. The Hall–Kier alpha value is -1.67. The fourth-order valence-corrected chi connectivity index (χ4v) is 1.91. The molecule has 0 fully saturated rings. The SMILES string of the molecule is Nn1c(SCC(=O)O)nnc1-c1ccoc1Cl. The number of rotatable bonds is 4. The topological polar surface area (TPSA) is 107 Å². The molecule has 7 nitrogen and oxygen atoms in total. The number of hydrogen-bond acceptors (Lipinski definition) is 6. The molecule has 90 valence electrons. The molecule has 0 spiro atoms. The normalized spacial score (nSPS) is 10.6. The van der Waals surface area contributed by atoms with Gasteiger partial charge in [0.2, 0.25) is 10.4 Å². The van der Waals surface area contributed by atoms with Crippen molar-refractivity contribution < 1.29 is 14.3 Å². The van der Waals surface area contributed by atoms with Crippen LogP contribution in [0.15, 0.2) is 21.9 Å². The highest BCUT2D eigenvalue weighted by molar-refractivity contribution is 7.99. The zero-order valence-corrected chi connectivity index (χ0v) is 9.90. The number of nitrogens with zero attached hydrogens (tertiary/aromatic N) is 3. The van der Waals surface area contributed by atoms with Gasteiger partial charge in [-0.3, -0.25) is 4.79 Å². The zero-order valence-electron chi connectivity index (χ0n) is 8.33. The Bertz CT molecular complexity index is 553. The van der Waals surface area contributed by atoms with E-state index in [0.29, 0.717) is 16.5 Å². The number of nitrogen functional groups attached to an aromatic ring is 1. The van der Waals surface area contributed by atoms with Crippen LogP contribution in [-0.2, 0) is 4.79 Å². The van der Waals surface area contributed by atoms with E-state index < -0.39 is 5.97 Å². The average Bonchev–Trinajstić information content (AvgIpc) is 2.82. The van der Waals surface area contributed by atoms with Crippen molar-refractivity contribution in [3.05, 3.63) is 17.5 Å². The maximum absolute atomic E-state index is 10.4.